The maximum Gasteiger partial charge on any atom is 0.255 e. The molecule has 186 valence electrons. The topological polar surface area (TPSA) is 67.4 Å². The van der Waals surface area contributed by atoms with Crippen LogP contribution in [0.2, 0.25) is 0 Å². The molecule has 2 fully saturated rings. The first-order valence-corrected chi connectivity index (χ1v) is 13.0. The van der Waals surface area contributed by atoms with Crippen molar-refractivity contribution < 1.29 is 14.3 Å². The lowest BCUT2D eigenvalue weighted by Crippen LogP contribution is -2.44. The molecule has 0 saturated heterocycles. The van der Waals surface area contributed by atoms with Crippen molar-refractivity contribution in [1.82, 2.24) is 10.6 Å². The van der Waals surface area contributed by atoms with E-state index in [9.17, 15) is 9.59 Å². The molecule has 0 aromatic heterocycles. The van der Waals surface area contributed by atoms with E-state index in [0.717, 1.165) is 11.1 Å². The number of carbonyl (C=O) groups excluding carboxylic acids is 2. The van der Waals surface area contributed by atoms with E-state index in [4.69, 9.17) is 4.74 Å². The number of carbonyl (C=O) groups is 2. The highest BCUT2D eigenvalue weighted by atomic mass is 16.5. The van der Waals surface area contributed by atoms with Gasteiger partial charge in [-0.2, -0.15) is 0 Å². The zero-order valence-corrected chi connectivity index (χ0v) is 21.0. The molecule has 2 aromatic carbocycles. The van der Waals surface area contributed by atoms with Gasteiger partial charge in [-0.1, -0.05) is 61.7 Å². The van der Waals surface area contributed by atoms with Crippen LogP contribution < -0.4 is 15.4 Å². The smallest absolute Gasteiger partial charge is 0.255 e. The number of benzene rings is 2. The van der Waals surface area contributed by atoms with Gasteiger partial charge in [0.2, 0.25) is 0 Å². The standard InChI is InChI=1S/C30H38N2O3/c1-22(23-11-5-3-6-12-23)31-20-24-19-30(18-17-27(24)33,25-13-7-4-8-14-25)21-32-29(34)26-15-9-10-16-28(26)35-2/h4,7-10,13-16,20,22-23,31H,3,5-6,11-12,17-19,21H2,1-2H3,(H,32,34)/b24-20-/t22-,30?/m1/s1. The summed E-state index contributed by atoms with van der Waals surface area (Å²) < 4.78 is 5.38. The van der Waals surface area contributed by atoms with Crippen molar-refractivity contribution in [3.8, 4) is 5.75 Å². The van der Waals surface area contributed by atoms with Crippen LogP contribution in [0.25, 0.3) is 0 Å². The van der Waals surface area contributed by atoms with Crippen LogP contribution in [-0.2, 0) is 10.2 Å². The van der Waals surface area contributed by atoms with Gasteiger partial charge in [-0.15, -0.1) is 0 Å². The molecule has 2 aliphatic rings. The van der Waals surface area contributed by atoms with Gasteiger partial charge >= 0.3 is 0 Å². The fraction of sp³-hybridized carbons (Fsp3) is 0.467. The van der Waals surface area contributed by atoms with E-state index in [2.05, 4.69) is 29.7 Å². The highest BCUT2D eigenvalue weighted by Crippen LogP contribution is 2.40. The Morgan fingerprint density at radius 2 is 1.80 bits per heavy atom. The number of methoxy groups -OCH3 is 1. The van der Waals surface area contributed by atoms with Crippen molar-refractivity contribution >= 4 is 11.7 Å². The Bertz CT molecular complexity index is 1040. The molecule has 0 radical (unpaired) electrons. The summed E-state index contributed by atoms with van der Waals surface area (Å²) in [5.41, 5.74) is 2.16. The van der Waals surface area contributed by atoms with Crippen LogP contribution in [0.4, 0.5) is 0 Å². The predicted octanol–water partition coefficient (Wildman–Crippen LogP) is 5.56. The number of ether oxygens (including phenoxy) is 1. The third-order valence-corrected chi connectivity index (χ3v) is 7.92. The van der Waals surface area contributed by atoms with Gasteiger partial charge in [-0.05, 0) is 56.2 Å². The summed E-state index contributed by atoms with van der Waals surface area (Å²) in [7, 11) is 1.57. The Balaban J connectivity index is 1.53. The molecule has 0 heterocycles. The molecule has 2 N–H and O–H groups in total. The second-order valence-corrected chi connectivity index (χ2v) is 10.2. The Morgan fingerprint density at radius 1 is 1.09 bits per heavy atom. The molecule has 2 aromatic rings. The molecular weight excluding hydrogens is 436 g/mol. The Kier molecular flexibility index (Phi) is 8.27. The number of hydrogen-bond donors (Lipinski definition) is 2. The lowest BCUT2D eigenvalue weighted by atomic mass is 9.67. The molecular formula is C30H38N2O3. The molecule has 4 rings (SSSR count). The van der Waals surface area contributed by atoms with Gasteiger partial charge in [0.15, 0.2) is 5.78 Å². The molecule has 1 unspecified atom stereocenters. The fourth-order valence-electron chi connectivity index (χ4n) is 5.67. The molecule has 5 nitrogen and oxygen atoms in total. The lowest BCUT2D eigenvalue weighted by molar-refractivity contribution is -0.117. The largest absolute Gasteiger partial charge is 0.496 e. The van der Waals surface area contributed by atoms with Crippen LogP contribution in [-0.4, -0.2) is 31.4 Å². The Morgan fingerprint density at radius 3 is 2.54 bits per heavy atom. The van der Waals surface area contributed by atoms with Crippen LogP contribution in [0.3, 0.4) is 0 Å². The highest BCUT2D eigenvalue weighted by Gasteiger charge is 2.39. The number of ketones is 1. The van der Waals surface area contributed by atoms with Gasteiger partial charge in [-0.25, -0.2) is 0 Å². The second-order valence-electron chi connectivity index (χ2n) is 10.2. The van der Waals surface area contributed by atoms with E-state index < -0.39 is 0 Å². The minimum absolute atomic E-state index is 0.163. The molecule has 2 saturated carbocycles. The van der Waals surface area contributed by atoms with Crippen LogP contribution in [0.15, 0.2) is 66.4 Å². The summed E-state index contributed by atoms with van der Waals surface area (Å²) in [4.78, 5) is 26.0. The van der Waals surface area contributed by atoms with Gasteiger partial charge in [0.1, 0.15) is 5.75 Å². The van der Waals surface area contributed by atoms with E-state index >= 15 is 0 Å². The van der Waals surface area contributed by atoms with E-state index in [1.54, 1.807) is 19.2 Å². The molecule has 2 atom stereocenters. The maximum absolute atomic E-state index is 13.1. The average molecular weight is 475 g/mol. The zero-order valence-electron chi connectivity index (χ0n) is 21.0. The molecule has 35 heavy (non-hydrogen) atoms. The summed E-state index contributed by atoms with van der Waals surface area (Å²) in [6, 6.07) is 17.9. The Hall–Kier alpha value is -3.08. The number of hydrogen-bond acceptors (Lipinski definition) is 4. The van der Waals surface area contributed by atoms with Gasteiger partial charge in [0.05, 0.1) is 12.7 Å². The Labute approximate surface area is 209 Å². The highest BCUT2D eigenvalue weighted by molar-refractivity contribution is 5.98. The normalized spacial score (nSPS) is 23.0. The monoisotopic (exact) mass is 474 g/mol. The molecule has 0 spiro atoms. The summed E-state index contributed by atoms with van der Waals surface area (Å²) >= 11 is 0. The molecule has 2 aliphatic carbocycles. The van der Waals surface area contributed by atoms with Gasteiger partial charge in [-0.3, -0.25) is 9.59 Å². The second kappa shape index (κ2) is 11.6. The van der Waals surface area contributed by atoms with Crippen molar-refractivity contribution in [1.29, 1.82) is 0 Å². The van der Waals surface area contributed by atoms with Crippen LogP contribution in [0.5, 0.6) is 5.75 Å². The number of allylic oxidation sites excluding steroid dienone is 1. The van der Waals surface area contributed by atoms with Gasteiger partial charge in [0, 0.05) is 36.2 Å². The molecule has 1 amide bonds. The van der Waals surface area contributed by atoms with Crippen LogP contribution in [0.1, 0.15) is 74.2 Å². The van der Waals surface area contributed by atoms with Crippen LogP contribution in [0, 0.1) is 5.92 Å². The average Bonchev–Trinajstić information content (AvgIpc) is 2.92. The first-order chi connectivity index (χ1) is 17.0. The van der Waals surface area contributed by atoms with Gasteiger partial charge < -0.3 is 15.4 Å². The first kappa shape index (κ1) is 25.0. The SMILES string of the molecule is COc1ccccc1C(=O)NCC1(c2ccccc2)CCC(=O)/C(=C\N[C@H](C)C2CCCCC2)C1. The third kappa shape index (κ3) is 5.95. The number of Topliss-reactive ketones (excluding diaryl/α,β-unsaturated/α-hetero) is 1. The quantitative estimate of drug-likeness (QED) is 0.492. The molecule has 0 aliphatic heterocycles. The lowest BCUT2D eigenvalue weighted by Gasteiger charge is -2.39. The van der Waals surface area contributed by atoms with Gasteiger partial charge in [0.25, 0.3) is 5.91 Å². The van der Waals surface area contributed by atoms with Crippen molar-refractivity contribution in [2.75, 3.05) is 13.7 Å². The fourth-order valence-corrected chi connectivity index (χ4v) is 5.67. The maximum atomic E-state index is 13.1. The summed E-state index contributed by atoms with van der Waals surface area (Å²) in [6.07, 6.45) is 10.2. The summed E-state index contributed by atoms with van der Waals surface area (Å²) in [5.74, 6) is 1.26. The van der Waals surface area contributed by atoms with Crippen molar-refractivity contribution in [2.45, 2.75) is 69.7 Å². The number of para-hydroxylation sites is 1. The van der Waals surface area contributed by atoms with Crippen molar-refractivity contribution in [3.63, 3.8) is 0 Å². The minimum Gasteiger partial charge on any atom is -0.496 e. The predicted molar refractivity (Wildman–Crippen MR) is 140 cm³/mol. The number of rotatable bonds is 8. The third-order valence-electron chi connectivity index (χ3n) is 7.92. The number of nitrogens with one attached hydrogen (secondary N) is 2. The first-order valence-electron chi connectivity index (χ1n) is 13.0. The van der Waals surface area contributed by atoms with E-state index in [1.807, 2.05) is 36.5 Å². The van der Waals surface area contributed by atoms with E-state index in [-0.39, 0.29) is 17.1 Å². The summed E-state index contributed by atoms with van der Waals surface area (Å²) in [5, 5.41) is 6.72. The molecule has 5 heteroatoms. The zero-order chi connectivity index (χ0) is 24.7. The minimum atomic E-state index is -0.339. The van der Waals surface area contributed by atoms with E-state index in [1.165, 1.54) is 32.1 Å². The van der Waals surface area contributed by atoms with Crippen LogP contribution >= 0.6 is 0 Å². The summed E-state index contributed by atoms with van der Waals surface area (Å²) in [6.45, 7) is 2.69. The van der Waals surface area contributed by atoms with E-state index in [0.29, 0.717) is 49.1 Å². The van der Waals surface area contributed by atoms with Crippen molar-refractivity contribution in [3.05, 3.63) is 77.5 Å². The number of amides is 1. The molecule has 0 bridgehead atoms. The van der Waals surface area contributed by atoms with Crippen molar-refractivity contribution in [2.24, 2.45) is 5.92 Å².